The Kier molecular flexibility index (Phi) is 6.63. The summed E-state index contributed by atoms with van der Waals surface area (Å²) in [4.78, 5) is 26.9. The summed E-state index contributed by atoms with van der Waals surface area (Å²) in [5.74, 6) is -0.922. The molecule has 2 aromatic rings. The van der Waals surface area contributed by atoms with Gasteiger partial charge in [0.15, 0.2) is 0 Å². The van der Waals surface area contributed by atoms with Gasteiger partial charge in [0.05, 0.1) is 12.0 Å². The monoisotopic (exact) mass is 433 g/mol. The lowest BCUT2D eigenvalue weighted by Gasteiger charge is -2.30. The number of nitrogens with zero attached hydrogens (tertiary/aromatic N) is 1. The average molecular weight is 434 g/mol. The van der Waals surface area contributed by atoms with Crippen molar-refractivity contribution >= 4 is 11.9 Å². The SMILES string of the molecule is CCc1ccc(C2(C(=O)N(CCCc3ccccc3)CC3CC=C(C(=O)O)O3)CC2)cc1. The number of carbonyl (C=O) groups is 2. The first kappa shape index (κ1) is 22.1. The van der Waals surface area contributed by atoms with Crippen molar-refractivity contribution in [2.24, 2.45) is 0 Å². The number of aryl methyl sites for hydroxylation is 2. The molecule has 1 N–H and O–H groups in total. The summed E-state index contributed by atoms with van der Waals surface area (Å²) in [6.45, 7) is 3.17. The summed E-state index contributed by atoms with van der Waals surface area (Å²) in [6, 6.07) is 18.7. The molecule has 4 rings (SSSR count). The minimum absolute atomic E-state index is 0.0111. The van der Waals surface area contributed by atoms with E-state index < -0.39 is 11.4 Å². The van der Waals surface area contributed by atoms with E-state index in [-0.39, 0.29) is 17.8 Å². The summed E-state index contributed by atoms with van der Waals surface area (Å²) in [6.07, 6.45) is 6.26. The van der Waals surface area contributed by atoms with Crippen molar-refractivity contribution in [3.05, 3.63) is 83.1 Å². The highest BCUT2D eigenvalue weighted by Gasteiger charge is 2.53. The third-order valence-electron chi connectivity index (χ3n) is 6.59. The number of rotatable bonds is 10. The molecule has 2 aliphatic rings. The molecule has 5 nitrogen and oxygen atoms in total. The Labute approximate surface area is 189 Å². The normalized spacial score (nSPS) is 18.5. The van der Waals surface area contributed by atoms with Gasteiger partial charge in [-0.15, -0.1) is 0 Å². The maximum atomic E-state index is 13.8. The number of carboxylic acids is 1. The molecule has 32 heavy (non-hydrogen) atoms. The third kappa shape index (κ3) is 4.87. The van der Waals surface area contributed by atoms with E-state index in [1.54, 1.807) is 6.08 Å². The van der Waals surface area contributed by atoms with Crippen LogP contribution in [0.25, 0.3) is 0 Å². The fourth-order valence-electron chi connectivity index (χ4n) is 4.52. The molecule has 0 bridgehead atoms. The zero-order valence-electron chi connectivity index (χ0n) is 18.6. The van der Waals surface area contributed by atoms with Gasteiger partial charge >= 0.3 is 5.97 Å². The molecule has 0 radical (unpaired) electrons. The van der Waals surface area contributed by atoms with Crippen molar-refractivity contribution in [1.29, 1.82) is 0 Å². The van der Waals surface area contributed by atoms with Crippen LogP contribution >= 0.6 is 0 Å². The van der Waals surface area contributed by atoms with Crippen LogP contribution in [0.4, 0.5) is 0 Å². The standard InChI is InChI=1S/C27H31NO4/c1-2-20-10-12-22(13-11-20)27(16-17-27)26(31)28(18-6-9-21-7-4-3-5-8-21)19-23-14-15-24(32-23)25(29)30/h3-5,7-8,10-13,15,23H,2,6,9,14,16-19H2,1H3,(H,29,30). The largest absolute Gasteiger partial charge is 0.481 e. The van der Waals surface area contributed by atoms with E-state index in [0.29, 0.717) is 19.5 Å². The second-order valence-corrected chi connectivity index (χ2v) is 8.82. The van der Waals surface area contributed by atoms with Gasteiger partial charge < -0.3 is 14.7 Å². The van der Waals surface area contributed by atoms with E-state index in [1.165, 1.54) is 11.1 Å². The van der Waals surface area contributed by atoms with E-state index >= 15 is 0 Å². The lowest BCUT2D eigenvalue weighted by atomic mass is 9.92. The number of hydrogen-bond acceptors (Lipinski definition) is 3. The van der Waals surface area contributed by atoms with Crippen molar-refractivity contribution in [1.82, 2.24) is 4.90 Å². The molecular weight excluding hydrogens is 402 g/mol. The van der Waals surface area contributed by atoms with Crippen LogP contribution in [0, 0.1) is 0 Å². The Hall–Kier alpha value is -3.08. The first-order valence-corrected chi connectivity index (χ1v) is 11.5. The number of carboxylic acid groups (broad SMARTS) is 1. The molecule has 1 heterocycles. The number of benzene rings is 2. The molecule has 1 amide bonds. The molecule has 1 unspecified atom stereocenters. The molecule has 1 atom stereocenters. The van der Waals surface area contributed by atoms with Gasteiger partial charge in [-0.05, 0) is 54.9 Å². The van der Waals surface area contributed by atoms with Crippen LogP contribution < -0.4 is 0 Å². The summed E-state index contributed by atoms with van der Waals surface area (Å²) < 4.78 is 5.60. The Morgan fingerprint density at radius 1 is 1.06 bits per heavy atom. The molecule has 168 valence electrons. The summed E-state index contributed by atoms with van der Waals surface area (Å²) in [5, 5.41) is 9.20. The van der Waals surface area contributed by atoms with E-state index in [2.05, 4.69) is 43.3 Å². The van der Waals surface area contributed by atoms with Gasteiger partial charge in [0.25, 0.3) is 0 Å². The number of amides is 1. The zero-order chi connectivity index (χ0) is 22.6. The highest BCUT2D eigenvalue weighted by atomic mass is 16.5. The summed E-state index contributed by atoms with van der Waals surface area (Å²) in [5.41, 5.74) is 3.16. The molecule has 0 saturated heterocycles. The van der Waals surface area contributed by atoms with Gasteiger partial charge in [-0.2, -0.15) is 0 Å². The van der Waals surface area contributed by atoms with Crippen LogP contribution in [0.5, 0.6) is 0 Å². The molecule has 1 saturated carbocycles. The van der Waals surface area contributed by atoms with Crippen molar-refractivity contribution in [3.63, 3.8) is 0 Å². The number of ether oxygens (including phenoxy) is 1. The van der Waals surface area contributed by atoms with Crippen molar-refractivity contribution in [2.45, 2.75) is 57.0 Å². The highest BCUT2D eigenvalue weighted by Crippen LogP contribution is 2.49. The lowest BCUT2D eigenvalue weighted by Crippen LogP contribution is -2.44. The first-order valence-electron chi connectivity index (χ1n) is 11.5. The topological polar surface area (TPSA) is 66.8 Å². The van der Waals surface area contributed by atoms with E-state index in [4.69, 9.17) is 4.74 Å². The van der Waals surface area contributed by atoms with Crippen LogP contribution in [0.2, 0.25) is 0 Å². The van der Waals surface area contributed by atoms with Crippen molar-refractivity contribution in [2.75, 3.05) is 13.1 Å². The van der Waals surface area contributed by atoms with Gasteiger partial charge in [-0.25, -0.2) is 4.79 Å². The quantitative estimate of drug-likeness (QED) is 0.599. The second-order valence-electron chi connectivity index (χ2n) is 8.82. The summed E-state index contributed by atoms with van der Waals surface area (Å²) >= 11 is 0. The molecule has 1 fully saturated rings. The van der Waals surface area contributed by atoms with Crippen LogP contribution in [0.1, 0.15) is 49.3 Å². The molecule has 1 aliphatic heterocycles. The second kappa shape index (κ2) is 9.60. The van der Waals surface area contributed by atoms with E-state index in [0.717, 1.165) is 37.7 Å². The Balaban J connectivity index is 1.47. The fourth-order valence-corrected chi connectivity index (χ4v) is 4.52. The van der Waals surface area contributed by atoms with Gasteiger partial charge in [-0.1, -0.05) is 61.5 Å². The Morgan fingerprint density at radius 2 is 1.78 bits per heavy atom. The van der Waals surface area contributed by atoms with Crippen molar-refractivity contribution < 1.29 is 19.4 Å². The Morgan fingerprint density at radius 3 is 2.38 bits per heavy atom. The number of hydrogen-bond donors (Lipinski definition) is 1. The fraction of sp³-hybridized carbons (Fsp3) is 0.407. The molecule has 2 aromatic carbocycles. The molecule has 0 spiro atoms. The minimum atomic E-state index is -1.05. The van der Waals surface area contributed by atoms with Crippen LogP contribution in [-0.4, -0.2) is 41.1 Å². The highest BCUT2D eigenvalue weighted by molar-refractivity contribution is 5.91. The van der Waals surface area contributed by atoms with Gasteiger partial charge in [0, 0.05) is 13.0 Å². The average Bonchev–Trinajstić information content (AvgIpc) is 3.50. The first-order chi connectivity index (χ1) is 15.5. The third-order valence-corrected chi connectivity index (χ3v) is 6.59. The van der Waals surface area contributed by atoms with Gasteiger partial charge in [-0.3, -0.25) is 4.79 Å². The molecule has 5 heteroatoms. The predicted molar refractivity (Wildman–Crippen MR) is 123 cm³/mol. The van der Waals surface area contributed by atoms with Gasteiger partial charge in [0.1, 0.15) is 6.10 Å². The molecule has 0 aromatic heterocycles. The lowest BCUT2D eigenvalue weighted by molar-refractivity contribution is -0.138. The maximum absolute atomic E-state index is 13.8. The number of carbonyl (C=O) groups excluding carboxylic acids is 1. The number of aliphatic carboxylic acids is 1. The predicted octanol–water partition coefficient (Wildman–Crippen LogP) is 4.50. The van der Waals surface area contributed by atoms with Crippen LogP contribution in [0.3, 0.4) is 0 Å². The summed E-state index contributed by atoms with van der Waals surface area (Å²) in [7, 11) is 0. The van der Waals surface area contributed by atoms with Crippen LogP contribution in [0.15, 0.2) is 66.4 Å². The van der Waals surface area contributed by atoms with Gasteiger partial charge in [0.2, 0.25) is 11.7 Å². The molecular formula is C27H31NO4. The maximum Gasteiger partial charge on any atom is 0.370 e. The van der Waals surface area contributed by atoms with Crippen molar-refractivity contribution in [3.8, 4) is 0 Å². The van der Waals surface area contributed by atoms with E-state index in [9.17, 15) is 14.7 Å². The molecule has 1 aliphatic carbocycles. The van der Waals surface area contributed by atoms with Crippen LogP contribution in [-0.2, 0) is 32.6 Å². The Bertz CT molecular complexity index is 976. The minimum Gasteiger partial charge on any atom is -0.481 e. The smallest absolute Gasteiger partial charge is 0.370 e. The zero-order valence-corrected chi connectivity index (χ0v) is 18.6. The van der Waals surface area contributed by atoms with E-state index in [1.807, 2.05) is 23.1 Å².